The molecule has 0 aliphatic rings. The standard InChI is InChI=1S/C20H22N4O.2H2O/c25-19-18(13-17-10-6-11-21-14-17)15-23-20(24-19)22-12-5-4-9-16-7-2-1-3-8-16;;/h1-3,6-8,10-11,14-15H,4-5,9,12-13H2,(H2,22,23,24,25);2*1H2. The molecule has 0 radical (unpaired) electrons. The van der Waals surface area contributed by atoms with Crippen molar-refractivity contribution >= 4 is 5.95 Å². The van der Waals surface area contributed by atoms with E-state index in [-0.39, 0.29) is 16.5 Å². The second-order valence-corrected chi connectivity index (χ2v) is 5.99. The molecular weight excluding hydrogens is 344 g/mol. The monoisotopic (exact) mass is 370 g/mol. The van der Waals surface area contributed by atoms with Gasteiger partial charge in [0.05, 0.1) is 0 Å². The van der Waals surface area contributed by atoms with E-state index in [0.717, 1.165) is 31.4 Å². The third-order valence-corrected chi connectivity index (χ3v) is 4.02. The summed E-state index contributed by atoms with van der Waals surface area (Å²) in [6.07, 6.45) is 8.84. The number of aryl methyl sites for hydroxylation is 1. The van der Waals surface area contributed by atoms with E-state index in [0.29, 0.717) is 17.9 Å². The summed E-state index contributed by atoms with van der Waals surface area (Å²) in [7, 11) is 0. The van der Waals surface area contributed by atoms with E-state index in [1.807, 2.05) is 18.2 Å². The van der Waals surface area contributed by atoms with Crippen LogP contribution in [0, 0.1) is 0 Å². The second-order valence-electron chi connectivity index (χ2n) is 5.99. The molecule has 0 aliphatic heterocycles. The van der Waals surface area contributed by atoms with Gasteiger partial charge < -0.3 is 16.3 Å². The van der Waals surface area contributed by atoms with Gasteiger partial charge in [-0.1, -0.05) is 36.4 Å². The van der Waals surface area contributed by atoms with Gasteiger partial charge in [-0.2, -0.15) is 0 Å². The molecule has 144 valence electrons. The van der Waals surface area contributed by atoms with E-state index in [1.54, 1.807) is 18.6 Å². The fourth-order valence-corrected chi connectivity index (χ4v) is 2.67. The van der Waals surface area contributed by atoms with Crippen LogP contribution in [0.4, 0.5) is 5.95 Å². The lowest BCUT2D eigenvalue weighted by molar-refractivity contribution is 0.758. The van der Waals surface area contributed by atoms with Crippen molar-refractivity contribution in [2.45, 2.75) is 25.7 Å². The zero-order valence-electron chi connectivity index (χ0n) is 15.1. The van der Waals surface area contributed by atoms with Gasteiger partial charge in [0.25, 0.3) is 5.56 Å². The first kappa shape index (κ1) is 22.0. The Balaban J connectivity index is 0.00000182. The third-order valence-electron chi connectivity index (χ3n) is 4.02. The van der Waals surface area contributed by atoms with Crippen LogP contribution < -0.4 is 10.9 Å². The maximum absolute atomic E-state index is 12.2. The van der Waals surface area contributed by atoms with Crippen molar-refractivity contribution in [1.82, 2.24) is 15.0 Å². The summed E-state index contributed by atoms with van der Waals surface area (Å²) < 4.78 is 0. The predicted octanol–water partition coefficient (Wildman–Crippen LogP) is 1.54. The van der Waals surface area contributed by atoms with Gasteiger partial charge in [-0.05, 0) is 36.5 Å². The minimum absolute atomic E-state index is 0. The number of rotatable bonds is 8. The molecule has 7 nitrogen and oxygen atoms in total. The molecule has 0 spiro atoms. The van der Waals surface area contributed by atoms with E-state index < -0.39 is 0 Å². The number of aromatic nitrogens is 3. The highest BCUT2D eigenvalue weighted by molar-refractivity contribution is 5.27. The predicted molar refractivity (Wildman–Crippen MR) is 107 cm³/mol. The van der Waals surface area contributed by atoms with Crippen molar-refractivity contribution in [1.29, 1.82) is 0 Å². The van der Waals surface area contributed by atoms with Crippen LogP contribution >= 0.6 is 0 Å². The normalized spacial score (nSPS) is 9.78. The van der Waals surface area contributed by atoms with Crippen LogP contribution in [0.1, 0.15) is 29.5 Å². The van der Waals surface area contributed by atoms with Gasteiger partial charge in [0, 0.05) is 37.1 Å². The van der Waals surface area contributed by atoms with Crippen LogP contribution in [0.5, 0.6) is 0 Å². The first-order valence-corrected chi connectivity index (χ1v) is 8.56. The number of hydrogen-bond donors (Lipinski definition) is 2. The molecule has 27 heavy (non-hydrogen) atoms. The average Bonchev–Trinajstić information content (AvgIpc) is 2.65. The van der Waals surface area contributed by atoms with Gasteiger partial charge in [0.2, 0.25) is 5.95 Å². The third kappa shape index (κ3) is 7.01. The maximum atomic E-state index is 12.2. The number of nitrogens with one attached hydrogen (secondary N) is 2. The van der Waals surface area contributed by atoms with Gasteiger partial charge in [-0.25, -0.2) is 4.98 Å². The van der Waals surface area contributed by atoms with Crippen LogP contribution in [0.15, 0.2) is 65.8 Å². The molecule has 0 amide bonds. The van der Waals surface area contributed by atoms with Crippen molar-refractivity contribution in [3.63, 3.8) is 0 Å². The highest BCUT2D eigenvalue weighted by Gasteiger charge is 2.04. The smallest absolute Gasteiger partial charge is 0.255 e. The van der Waals surface area contributed by atoms with E-state index >= 15 is 0 Å². The summed E-state index contributed by atoms with van der Waals surface area (Å²) >= 11 is 0. The molecule has 2 heterocycles. The molecule has 0 atom stereocenters. The Morgan fingerprint density at radius 1 is 0.926 bits per heavy atom. The first-order valence-electron chi connectivity index (χ1n) is 8.56. The largest absolute Gasteiger partial charge is 0.412 e. The number of unbranched alkanes of at least 4 members (excludes halogenated alkanes) is 1. The molecule has 1 aromatic carbocycles. The SMILES string of the molecule is O.O.O=c1[nH]c(NCCCCc2ccccc2)ncc1Cc1cccnc1. The summed E-state index contributed by atoms with van der Waals surface area (Å²) in [6.45, 7) is 0.789. The molecular formula is C20H26N4O3. The summed E-state index contributed by atoms with van der Waals surface area (Å²) in [4.78, 5) is 23.3. The number of hydrogen-bond acceptors (Lipinski definition) is 4. The first-order chi connectivity index (χ1) is 12.3. The Labute approximate surface area is 158 Å². The van der Waals surface area contributed by atoms with Crippen LogP contribution in [-0.4, -0.2) is 32.4 Å². The number of benzene rings is 1. The summed E-state index contributed by atoms with van der Waals surface area (Å²) in [5.74, 6) is 0.527. The fourth-order valence-electron chi connectivity index (χ4n) is 2.67. The lowest BCUT2D eigenvalue weighted by atomic mass is 10.1. The molecule has 3 aromatic rings. The Morgan fingerprint density at radius 2 is 1.70 bits per heavy atom. The van der Waals surface area contributed by atoms with Gasteiger partial charge in [-0.3, -0.25) is 14.8 Å². The molecule has 0 unspecified atom stereocenters. The molecule has 0 fully saturated rings. The second kappa shape index (κ2) is 11.6. The average molecular weight is 370 g/mol. The van der Waals surface area contributed by atoms with Gasteiger partial charge in [-0.15, -0.1) is 0 Å². The minimum atomic E-state index is -0.106. The lowest BCUT2D eigenvalue weighted by Crippen LogP contribution is -2.17. The van der Waals surface area contributed by atoms with Crippen molar-refractivity contribution in [3.05, 3.63) is 88.1 Å². The number of aromatic amines is 1. The highest BCUT2D eigenvalue weighted by Crippen LogP contribution is 2.06. The number of nitrogens with zero attached hydrogens (tertiary/aromatic N) is 2. The molecule has 0 bridgehead atoms. The summed E-state index contributed by atoms with van der Waals surface area (Å²) in [6, 6.07) is 14.3. The minimum Gasteiger partial charge on any atom is -0.412 e. The fraction of sp³-hybridized carbons (Fsp3) is 0.250. The number of pyridine rings is 1. The zero-order chi connectivity index (χ0) is 17.3. The van der Waals surface area contributed by atoms with E-state index in [4.69, 9.17) is 0 Å². The van der Waals surface area contributed by atoms with Crippen LogP contribution in [-0.2, 0) is 12.8 Å². The topological polar surface area (TPSA) is 134 Å². The van der Waals surface area contributed by atoms with Crippen molar-refractivity contribution in [2.75, 3.05) is 11.9 Å². The van der Waals surface area contributed by atoms with E-state index in [9.17, 15) is 4.79 Å². The van der Waals surface area contributed by atoms with Crippen molar-refractivity contribution in [2.24, 2.45) is 0 Å². The molecule has 0 saturated heterocycles. The molecule has 7 heteroatoms. The van der Waals surface area contributed by atoms with Crippen LogP contribution in [0.3, 0.4) is 0 Å². The van der Waals surface area contributed by atoms with Gasteiger partial charge >= 0.3 is 0 Å². The molecule has 3 rings (SSSR count). The number of H-pyrrole nitrogens is 1. The van der Waals surface area contributed by atoms with Crippen LogP contribution in [0.25, 0.3) is 0 Å². The van der Waals surface area contributed by atoms with Crippen molar-refractivity contribution < 1.29 is 11.0 Å². The quantitative estimate of drug-likeness (QED) is 0.582. The Morgan fingerprint density at radius 3 is 2.41 bits per heavy atom. The lowest BCUT2D eigenvalue weighted by Gasteiger charge is -2.06. The Hall–Kier alpha value is -3.03. The van der Waals surface area contributed by atoms with Gasteiger partial charge in [0.1, 0.15) is 0 Å². The molecule has 2 aromatic heterocycles. The van der Waals surface area contributed by atoms with E-state index in [2.05, 4.69) is 44.5 Å². The van der Waals surface area contributed by atoms with Crippen molar-refractivity contribution in [3.8, 4) is 0 Å². The van der Waals surface area contributed by atoms with E-state index in [1.165, 1.54) is 5.56 Å². The van der Waals surface area contributed by atoms with Gasteiger partial charge in [0.15, 0.2) is 0 Å². The molecule has 6 N–H and O–H groups in total. The Kier molecular flexibility index (Phi) is 9.42. The zero-order valence-corrected chi connectivity index (χ0v) is 15.1. The summed E-state index contributed by atoms with van der Waals surface area (Å²) in [5, 5.41) is 3.18. The molecule has 0 aliphatic carbocycles. The molecule has 0 saturated carbocycles. The maximum Gasteiger partial charge on any atom is 0.255 e. The highest BCUT2D eigenvalue weighted by atomic mass is 16.1. The van der Waals surface area contributed by atoms with Crippen LogP contribution in [0.2, 0.25) is 0 Å². The Bertz CT molecular complexity index is 839. The summed E-state index contributed by atoms with van der Waals surface area (Å²) in [5.41, 5.74) is 2.89. The number of anilines is 1.